The molecule has 1 aliphatic carbocycles. The molecule has 0 aromatic carbocycles. The van der Waals surface area contributed by atoms with Crippen LogP contribution in [0.15, 0.2) is 12.3 Å². The smallest absolute Gasteiger partial charge is 0.0640 e. The van der Waals surface area contributed by atoms with Crippen LogP contribution in [-0.4, -0.2) is 15.8 Å². The van der Waals surface area contributed by atoms with E-state index in [0.717, 1.165) is 18.0 Å². The van der Waals surface area contributed by atoms with E-state index in [9.17, 15) is 0 Å². The molecular weight excluding hydrogens is 186 g/mol. The summed E-state index contributed by atoms with van der Waals surface area (Å²) in [5.74, 6) is 1.58. The van der Waals surface area contributed by atoms with Crippen molar-refractivity contribution in [2.45, 2.75) is 38.6 Å². The van der Waals surface area contributed by atoms with Crippen molar-refractivity contribution in [2.75, 3.05) is 0 Å². The van der Waals surface area contributed by atoms with Crippen molar-refractivity contribution in [3.63, 3.8) is 0 Å². The highest BCUT2D eigenvalue weighted by Gasteiger charge is 2.26. The second-order valence-electron chi connectivity index (χ2n) is 5.03. The number of nitrogens with two attached hydrogens (primary N) is 1. The molecule has 1 aromatic rings. The van der Waals surface area contributed by atoms with Gasteiger partial charge in [-0.2, -0.15) is 5.10 Å². The fraction of sp³-hybridized carbons (Fsp3) is 0.750. The summed E-state index contributed by atoms with van der Waals surface area (Å²) in [7, 11) is 1.95. The van der Waals surface area contributed by atoms with Gasteiger partial charge in [-0.25, -0.2) is 0 Å². The Morgan fingerprint density at radius 2 is 2.40 bits per heavy atom. The van der Waals surface area contributed by atoms with Crippen LogP contribution in [0.5, 0.6) is 0 Å². The Balaban J connectivity index is 1.89. The fourth-order valence-corrected chi connectivity index (χ4v) is 2.62. The monoisotopic (exact) mass is 207 g/mol. The minimum absolute atomic E-state index is 0.296. The summed E-state index contributed by atoms with van der Waals surface area (Å²) in [6.45, 7) is 2.33. The van der Waals surface area contributed by atoms with Crippen molar-refractivity contribution in [2.24, 2.45) is 24.6 Å². The van der Waals surface area contributed by atoms with Crippen LogP contribution in [-0.2, 0) is 13.5 Å². The van der Waals surface area contributed by atoms with E-state index in [1.54, 1.807) is 0 Å². The largest absolute Gasteiger partial charge is 0.327 e. The summed E-state index contributed by atoms with van der Waals surface area (Å²) in [5.41, 5.74) is 7.36. The third kappa shape index (κ3) is 2.59. The molecule has 2 N–H and O–H groups in total. The molecule has 0 amide bonds. The van der Waals surface area contributed by atoms with Crippen LogP contribution in [0.4, 0.5) is 0 Å². The molecule has 3 atom stereocenters. The minimum Gasteiger partial charge on any atom is -0.327 e. The molecule has 1 saturated carbocycles. The van der Waals surface area contributed by atoms with E-state index in [0.29, 0.717) is 12.0 Å². The van der Waals surface area contributed by atoms with Gasteiger partial charge >= 0.3 is 0 Å². The predicted octanol–water partition coefficient (Wildman–Crippen LogP) is 1.73. The van der Waals surface area contributed by atoms with Gasteiger partial charge in [0.25, 0.3) is 0 Å². The van der Waals surface area contributed by atoms with Crippen LogP contribution in [0, 0.1) is 11.8 Å². The lowest BCUT2D eigenvalue weighted by Crippen LogP contribution is -2.31. The molecule has 15 heavy (non-hydrogen) atoms. The van der Waals surface area contributed by atoms with Gasteiger partial charge in [0.2, 0.25) is 0 Å². The highest BCUT2D eigenvalue weighted by atomic mass is 15.2. The molecule has 3 heteroatoms. The van der Waals surface area contributed by atoms with Crippen LogP contribution in [0.2, 0.25) is 0 Å². The van der Waals surface area contributed by atoms with Crippen LogP contribution in [0.1, 0.15) is 31.9 Å². The third-order valence-electron chi connectivity index (χ3n) is 3.55. The molecule has 0 aliphatic heterocycles. The summed E-state index contributed by atoms with van der Waals surface area (Å²) in [4.78, 5) is 0. The van der Waals surface area contributed by atoms with Gasteiger partial charge in [0, 0.05) is 25.7 Å². The zero-order valence-corrected chi connectivity index (χ0v) is 9.69. The molecule has 1 aliphatic rings. The summed E-state index contributed by atoms with van der Waals surface area (Å²) in [6, 6.07) is 2.36. The Morgan fingerprint density at radius 1 is 1.60 bits per heavy atom. The highest BCUT2D eigenvalue weighted by molar-refractivity contribution is 5.02. The lowest BCUT2D eigenvalue weighted by molar-refractivity contribution is 0.412. The van der Waals surface area contributed by atoms with E-state index in [4.69, 9.17) is 5.73 Å². The number of aryl methyl sites for hydroxylation is 1. The van der Waals surface area contributed by atoms with Crippen molar-refractivity contribution in [1.82, 2.24) is 9.78 Å². The van der Waals surface area contributed by atoms with E-state index in [-0.39, 0.29) is 0 Å². The third-order valence-corrected chi connectivity index (χ3v) is 3.55. The number of rotatable bonds is 3. The quantitative estimate of drug-likeness (QED) is 0.820. The average molecular weight is 207 g/mol. The van der Waals surface area contributed by atoms with Crippen molar-refractivity contribution >= 4 is 0 Å². The summed E-state index contributed by atoms with van der Waals surface area (Å²) in [5, 5.41) is 4.38. The van der Waals surface area contributed by atoms with Gasteiger partial charge in [-0.1, -0.05) is 13.3 Å². The van der Waals surface area contributed by atoms with Crippen molar-refractivity contribution in [3.8, 4) is 0 Å². The van der Waals surface area contributed by atoms with Gasteiger partial charge in [0.1, 0.15) is 0 Å². The van der Waals surface area contributed by atoms with Gasteiger partial charge in [-0.3, -0.25) is 4.68 Å². The van der Waals surface area contributed by atoms with Crippen molar-refractivity contribution in [3.05, 3.63) is 18.0 Å². The summed E-state index contributed by atoms with van der Waals surface area (Å²) < 4.78 is 1.85. The molecule has 1 aromatic heterocycles. The SMILES string of the molecule is CC1CCC(C(N)Cc2ccn(C)n2)C1. The van der Waals surface area contributed by atoms with E-state index >= 15 is 0 Å². The molecule has 1 heterocycles. The number of nitrogens with zero attached hydrogens (tertiary/aromatic N) is 2. The standard InChI is InChI=1S/C12H21N3/c1-9-3-4-10(7-9)12(13)8-11-5-6-15(2)14-11/h5-6,9-10,12H,3-4,7-8,13H2,1-2H3. The molecular formula is C12H21N3. The molecule has 0 spiro atoms. The van der Waals surface area contributed by atoms with Gasteiger partial charge in [-0.05, 0) is 30.7 Å². The topological polar surface area (TPSA) is 43.8 Å². The van der Waals surface area contributed by atoms with Gasteiger partial charge in [-0.15, -0.1) is 0 Å². The molecule has 3 nitrogen and oxygen atoms in total. The Bertz CT molecular complexity index is 318. The zero-order valence-electron chi connectivity index (χ0n) is 9.69. The second-order valence-corrected chi connectivity index (χ2v) is 5.03. The lowest BCUT2D eigenvalue weighted by atomic mass is 9.94. The maximum atomic E-state index is 6.23. The highest BCUT2D eigenvalue weighted by Crippen LogP contribution is 2.32. The first kappa shape index (κ1) is 10.7. The zero-order chi connectivity index (χ0) is 10.8. The Hall–Kier alpha value is -0.830. The van der Waals surface area contributed by atoms with E-state index in [1.165, 1.54) is 19.3 Å². The molecule has 84 valence electrons. The first-order chi connectivity index (χ1) is 7.15. The van der Waals surface area contributed by atoms with Crippen LogP contribution in [0.3, 0.4) is 0 Å². The molecule has 0 bridgehead atoms. The van der Waals surface area contributed by atoms with Gasteiger partial charge in [0.15, 0.2) is 0 Å². The van der Waals surface area contributed by atoms with E-state index in [2.05, 4.69) is 18.1 Å². The number of hydrogen-bond donors (Lipinski definition) is 1. The van der Waals surface area contributed by atoms with Gasteiger partial charge < -0.3 is 5.73 Å². The Kier molecular flexibility index (Phi) is 3.10. The number of hydrogen-bond acceptors (Lipinski definition) is 2. The fourth-order valence-electron chi connectivity index (χ4n) is 2.62. The van der Waals surface area contributed by atoms with Crippen molar-refractivity contribution < 1.29 is 0 Å². The summed E-state index contributed by atoms with van der Waals surface area (Å²) in [6.07, 6.45) is 6.86. The van der Waals surface area contributed by atoms with Crippen LogP contribution < -0.4 is 5.73 Å². The van der Waals surface area contributed by atoms with Crippen molar-refractivity contribution in [1.29, 1.82) is 0 Å². The Morgan fingerprint density at radius 3 is 2.93 bits per heavy atom. The Labute approximate surface area is 91.7 Å². The molecule has 0 saturated heterocycles. The van der Waals surface area contributed by atoms with Crippen LogP contribution >= 0.6 is 0 Å². The summed E-state index contributed by atoms with van der Waals surface area (Å²) >= 11 is 0. The molecule has 2 rings (SSSR count). The maximum absolute atomic E-state index is 6.23. The molecule has 0 radical (unpaired) electrons. The second kappa shape index (κ2) is 4.35. The molecule has 3 unspecified atom stereocenters. The van der Waals surface area contributed by atoms with E-state index in [1.807, 2.05) is 17.9 Å². The van der Waals surface area contributed by atoms with E-state index < -0.39 is 0 Å². The number of aromatic nitrogens is 2. The lowest BCUT2D eigenvalue weighted by Gasteiger charge is -2.17. The average Bonchev–Trinajstić information content (AvgIpc) is 2.75. The first-order valence-electron chi connectivity index (χ1n) is 5.89. The predicted molar refractivity (Wildman–Crippen MR) is 61.4 cm³/mol. The normalized spacial score (nSPS) is 28.2. The minimum atomic E-state index is 0.296. The van der Waals surface area contributed by atoms with Gasteiger partial charge in [0.05, 0.1) is 5.69 Å². The maximum Gasteiger partial charge on any atom is 0.0640 e. The molecule has 1 fully saturated rings. The first-order valence-corrected chi connectivity index (χ1v) is 5.89. The van der Waals surface area contributed by atoms with Crippen LogP contribution in [0.25, 0.3) is 0 Å².